The van der Waals surface area contributed by atoms with E-state index in [1.54, 1.807) is 99.9 Å². The molecule has 19 rings (SSSR count). The van der Waals surface area contributed by atoms with Crippen LogP contribution in [0.4, 0.5) is 56.4 Å². The molecule has 7 aromatic heterocycles. The number of fused-ring (bicyclic) bond motifs is 3. The maximum atomic E-state index is 13.4. The number of anilines is 8. The highest BCUT2D eigenvalue weighted by Crippen LogP contribution is 2.37. The van der Waals surface area contributed by atoms with Gasteiger partial charge in [0.25, 0.3) is 46.0 Å². The largest absolute Gasteiger partial charge is 0.497 e. The van der Waals surface area contributed by atoms with Gasteiger partial charge in [0, 0.05) is 185 Å². The van der Waals surface area contributed by atoms with E-state index in [1.165, 1.54) is 94.0 Å². The Morgan fingerprint density at radius 3 is 1.46 bits per heavy atom. The van der Waals surface area contributed by atoms with E-state index in [2.05, 4.69) is 53.8 Å². The van der Waals surface area contributed by atoms with E-state index in [4.69, 9.17) is 32.7 Å². The molecule has 738 valence electrons. The van der Waals surface area contributed by atoms with E-state index < -0.39 is 63.8 Å². The van der Waals surface area contributed by atoms with Crippen LogP contribution in [-0.2, 0) is 76.8 Å². The number of benzene rings is 8. The Hall–Kier alpha value is -13.3. The molecule has 4 N–H and O–H groups in total. The summed E-state index contributed by atoms with van der Waals surface area (Å²) in [5.74, 6) is 0.0308. The van der Waals surface area contributed by atoms with Crippen LogP contribution < -0.4 is 48.0 Å². The molecule has 11 heterocycles. The number of amides is 5. The maximum absolute atomic E-state index is 13.4. The molecule has 4 saturated heterocycles. The molecule has 0 saturated carbocycles. The van der Waals surface area contributed by atoms with Crippen molar-refractivity contribution in [2.24, 2.45) is 0 Å². The lowest BCUT2D eigenvalue weighted by atomic mass is 10.1. The summed E-state index contributed by atoms with van der Waals surface area (Å²) in [5.41, 5.74) is 6.24. The van der Waals surface area contributed by atoms with Gasteiger partial charge in [0.15, 0.2) is 21.5 Å². The van der Waals surface area contributed by atoms with Gasteiger partial charge < -0.3 is 57.5 Å². The third-order valence-electron chi connectivity index (χ3n) is 23.4. The van der Waals surface area contributed by atoms with Gasteiger partial charge >= 0.3 is 6.18 Å². The summed E-state index contributed by atoms with van der Waals surface area (Å²) >= 11 is 17.0. The minimum atomic E-state index is -4.51. The molecule has 4 aliphatic rings. The smallest absolute Gasteiger partial charge is 0.416 e. The zero-order valence-corrected chi connectivity index (χ0v) is 82.3. The molecule has 5 amide bonds. The SMILES string of the molecule is COc1ccc2c(ccn2CC(=O)N2CCN(c3ccc(S(=O)(=O)Nc4nccs4)cc3)C(=O)C2)c1.C[C@@H](C(=O)N1CCN(c2ccc(S(=O)(=O)Nc3nncs3)cc2)CC1)n1ccc2ccc(Cl)cc21.C[C@@H]1CN(c2ccc(S(=O)(=O)Nc3nccs3)cc2)CCN1C(=O)[C@@H](C)n1ccc2ccc(Cl)cc21.O=C1C(Oc2cccc(C(F)(F)F)c2)CCN1c1ccc(S(=O)(=O)Nc2nccs2)cc1.[HH].[HH].[HH].[HH].[HH].[HH].[HH]. The normalized spacial score (nSPS) is 16.0. The lowest BCUT2D eigenvalue weighted by Gasteiger charge is -2.42. The topological polar surface area (TPSA) is 390 Å². The average Bonchev–Trinajstić information content (AvgIpc) is 1.67. The number of ether oxygens (including phenoxy) is 2. The first-order valence-corrected chi connectivity index (χ1v) is 53.2. The third-order valence-corrected chi connectivity index (χ3v) is 32.4. The van der Waals surface area contributed by atoms with Crippen LogP contribution in [0.1, 0.15) is 54.8 Å². The minimum Gasteiger partial charge on any atom is -0.497 e. The fourth-order valence-corrected chi connectivity index (χ4v) is 23.6. The first-order valence-electron chi connectivity index (χ1n) is 43.0. The molecule has 0 bridgehead atoms. The predicted molar refractivity (Wildman–Crippen MR) is 546 cm³/mol. The monoisotopic (exact) mass is 2100 g/mol. The molecule has 8 aromatic carbocycles. The number of sulfonamides is 4. The van der Waals surface area contributed by atoms with Crippen LogP contribution in [0.15, 0.2) is 273 Å². The number of thiazole rings is 3. The first-order chi connectivity index (χ1) is 66.5. The highest BCUT2D eigenvalue weighted by molar-refractivity contribution is 7.94. The molecule has 34 nitrogen and oxygen atoms in total. The van der Waals surface area contributed by atoms with Gasteiger partial charge in [-0.25, -0.2) is 48.6 Å². The Bertz CT molecular complexity index is 7460. The zero-order chi connectivity index (χ0) is 98.2. The molecule has 4 fully saturated rings. The molecule has 47 heteroatoms. The van der Waals surface area contributed by atoms with Gasteiger partial charge in [-0.15, -0.1) is 44.2 Å². The van der Waals surface area contributed by atoms with Crippen molar-refractivity contribution in [2.45, 2.75) is 83.7 Å². The summed E-state index contributed by atoms with van der Waals surface area (Å²) in [6.45, 7) is 11.3. The minimum absolute atomic E-state index is 0. The van der Waals surface area contributed by atoms with Crippen LogP contribution >= 0.6 is 68.5 Å². The Morgan fingerprint density at radius 2 is 0.978 bits per heavy atom. The second-order valence-electron chi connectivity index (χ2n) is 32.1. The lowest BCUT2D eigenvalue weighted by Crippen LogP contribution is -2.55. The van der Waals surface area contributed by atoms with Crippen molar-refractivity contribution in [3.05, 3.63) is 269 Å². The van der Waals surface area contributed by atoms with E-state index in [-0.39, 0.29) is 119 Å². The van der Waals surface area contributed by atoms with Crippen LogP contribution in [-0.4, -0.2) is 208 Å². The summed E-state index contributed by atoms with van der Waals surface area (Å²) in [6.07, 6.45) is 5.07. The van der Waals surface area contributed by atoms with Crippen LogP contribution in [0.25, 0.3) is 32.7 Å². The number of halogens is 5. The quantitative estimate of drug-likeness (QED) is 0.0413. The Labute approximate surface area is 833 Å². The van der Waals surface area contributed by atoms with Crippen LogP contribution in [0.5, 0.6) is 11.5 Å². The number of alkyl halides is 3. The highest BCUT2D eigenvalue weighted by atomic mass is 35.5. The van der Waals surface area contributed by atoms with Gasteiger partial charge in [0.1, 0.15) is 42.2 Å². The van der Waals surface area contributed by atoms with Crippen molar-refractivity contribution in [1.29, 1.82) is 0 Å². The zero-order valence-electron chi connectivity index (χ0n) is 74.2. The molecule has 1 unspecified atom stereocenters. The number of methoxy groups -OCH3 is 1. The highest BCUT2D eigenvalue weighted by Gasteiger charge is 2.38. The molecule has 139 heavy (non-hydrogen) atoms. The van der Waals surface area contributed by atoms with Crippen molar-refractivity contribution < 1.29 is 90.3 Å². The Morgan fingerprint density at radius 1 is 0.496 bits per heavy atom. The standard InChI is InChI=1S/C25H26ClN5O3S2.C24H23N5O5S2.C23H23ClN6O3S2.C20H16F3N3O4S2.7H2/c1-17-16-29(21-5-7-22(8-6-21)36(33,34)28-25-27-10-14-35-25)12-13-30(17)24(32)18(2)31-11-9-19-3-4-20(26)15-23(19)31;1-34-19-4-7-21-17(14-19)8-10-27(21)15-22(30)28-11-12-29(23(31)16-28)18-2-5-20(6-3-18)36(32,33)26-24-25-9-13-35-24;1-16(30-9-8-17-2-3-18(24)14-21(17)30)22(31)29-12-10-28(11-13-29)19-4-6-20(7-5-19)35(32,33)27-23-26-25-15-34-23;21-20(22,23)13-2-1-3-15(12-13)30-17-8-10-26(18(17)27)14-4-6-16(7-5-14)32(28,29)25-19-24-9-11-31-19;;;;;;;/h3-11,14-15,17-18H,12-13,16H2,1-2H3,(H,27,28);2-10,13-14H,11-12,15-16H2,1H3,(H,25,26);2-9,14-16H,10-13H2,1H3,(H,26,27);1-7,9,11-12,17H,8,10H2,(H,24,25);7*1H/t17-,18-;;16-;;;;;;;;/m1.0......../s1. The summed E-state index contributed by atoms with van der Waals surface area (Å²) in [4.78, 5) is 90.0. The number of carbonyl (C=O) groups excluding carboxylic acids is 5. The average molecular weight is 2100 g/mol. The van der Waals surface area contributed by atoms with Crippen molar-refractivity contribution in [3.63, 3.8) is 0 Å². The third kappa shape index (κ3) is 23.3. The van der Waals surface area contributed by atoms with Crippen LogP contribution in [0.3, 0.4) is 0 Å². The lowest BCUT2D eigenvalue weighted by molar-refractivity contribution is -0.138. The van der Waals surface area contributed by atoms with E-state index in [1.807, 2.05) is 136 Å². The molecule has 0 radical (unpaired) electrons. The van der Waals surface area contributed by atoms with Crippen LogP contribution in [0, 0.1) is 0 Å². The van der Waals surface area contributed by atoms with Crippen LogP contribution in [0.2, 0.25) is 10.0 Å². The van der Waals surface area contributed by atoms with Gasteiger partial charge in [-0.2, -0.15) is 13.2 Å². The number of carbonyl (C=O) groups is 5. The Kier molecular flexibility index (Phi) is 30.0. The predicted octanol–water partition coefficient (Wildman–Crippen LogP) is 17.4. The molecular weight excluding hydrogens is 2000 g/mol. The van der Waals surface area contributed by atoms with E-state index in [0.717, 1.165) is 84.6 Å². The summed E-state index contributed by atoms with van der Waals surface area (Å²) < 4.78 is 165. The molecular formula is C92H102Cl2F3N19O15S8. The maximum Gasteiger partial charge on any atom is 0.416 e. The number of hydrogen-bond donors (Lipinski definition) is 4. The number of aromatic nitrogens is 8. The van der Waals surface area contributed by atoms with E-state index in [9.17, 15) is 70.8 Å². The summed E-state index contributed by atoms with van der Waals surface area (Å²) in [7, 11) is -13.4. The molecule has 0 aliphatic carbocycles. The number of hydrogen-bond acceptors (Lipinski definition) is 26. The van der Waals surface area contributed by atoms with E-state index >= 15 is 0 Å². The second kappa shape index (κ2) is 42.2. The first kappa shape index (κ1) is 98.8. The fourth-order valence-electron chi connectivity index (χ4n) is 16.2. The summed E-state index contributed by atoms with van der Waals surface area (Å²) in [6, 6.07) is 51.8. The van der Waals surface area contributed by atoms with Crippen molar-refractivity contribution >= 4 is 214 Å². The van der Waals surface area contributed by atoms with Gasteiger partial charge in [0.2, 0.25) is 28.8 Å². The van der Waals surface area contributed by atoms with Crippen molar-refractivity contribution in [3.8, 4) is 11.5 Å². The summed E-state index contributed by atoms with van der Waals surface area (Å²) in [5, 5.41) is 17.8. The van der Waals surface area contributed by atoms with Gasteiger partial charge in [-0.05, 0) is 207 Å². The van der Waals surface area contributed by atoms with Crippen molar-refractivity contribution in [1.82, 2.24) is 53.6 Å². The molecule has 0 spiro atoms. The second-order valence-corrected chi connectivity index (χ2v) is 43.3. The molecule has 4 aliphatic heterocycles. The number of nitrogens with one attached hydrogen (secondary N) is 4. The van der Waals surface area contributed by atoms with E-state index in [0.29, 0.717) is 85.5 Å². The van der Waals surface area contributed by atoms with Crippen molar-refractivity contribution in [2.75, 3.05) is 118 Å². The Balaban J connectivity index is 0.000000213. The van der Waals surface area contributed by atoms with Gasteiger partial charge in [0.05, 0.1) is 43.3 Å². The number of nitrogens with zero attached hydrogens (tertiary/aromatic N) is 15. The number of rotatable bonds is 25. The fraction of sp³-hybridized carbons (Fsp3) is 0.239. The molecule has 4 atom stereocenters. The molecule has 15 aromatic rings. The number of piperazine rings is 3. The van der Waals surface area contributed by atoms with Gasteiger partial charge in [-0.3, -0.25) is 42.9 Å². The van der Waals surface area contributed by atoms with Gasteiger partial charge in [-0.1, -0.05) is 52.7 Å².